The van der Waals surface area contributed by atoms with Gasteiger partial charge in [0.15, 0.2) is 0 Å². The van der Waals surface area contributed by atoms with Crippen molar-refractivity contribution in [1.82, 2.24) is 24.7 Å². The zero-order valence-corrected chi connectivity index (χ0v) is 16.1. The fraction of sp³-hybridized carbons (Fsp3) is 0.429. The van der Waals surface area contributed by atoms with E-state index in [2.05, 4.69) is 15.5 Å². The highest BCUT2D eigenvalue weighted by atomic mass is 16.2. The largest absolute Gasteiger partial charge is 0.352 e. The minimum atomic E-state index is -0.309. The van der Waals surface area contributed by atoms with E-state index in [4.69, 9.17) is 0 Å². The summed E-state index contributed by atoms with van der Waals surface area (Å²) in [6.45, 7) is 1.71. The van der Waals surface area contributed by atoms with Crippen LogP contribution in [0.3, 0.4) is 0 Å². The summed E-state index contributed by atoms with van der Waals surface area (Å²) in [6.07, 6.45) is 6.77. The summed E-state index contributed by atoms with van der Waals surface area (Å²) < 4.78 is 2.79. The van der Waals surface area contributed by atoms with Crippen LogP contribution in [-0.2, 0) is 11.3 Å². The number of nitrogens with one attached hydrogen (secondary N) is 1. The van der Waals surface area contributed by atoms with Gasteiger partial charge < -0.3 is 5.32 Å². The Labute approximate surface area is 163 Å². The molecule has 1 amide bonds. The second kappa shape index (κ2) is 7.96. The molecular weight excluding hydrogens is 354 g/mol. The van der Waals surface area contributed by atoms with Crippen LogP contribution in [-0.4, -0.2) is 31.3 Å². The van der Waals surface area contributed by atoms with Gasteiger partial charge in [-0.15, -0.1) is 0 Å². The summed E-state index contributed by atoms with van der Waals surface area (Å²) >= 11 is 0. The molecular formula is C21H25N5O2. The first kappa shape index (κ1) is 18.4. The fourth-order valence-corrected chi connectivity index (χ4v) is 3.87. The number of carbonyl (C=O) groups is 1. The molecule has 0 atom stereocenters. The Morgan fingerprint density at radius 1 is 1.11 bits per heavy atom. The van der Waals surface area contributed by atoms with Crippen LogP contribution >= 0.6 is 0 Å². The molecule has 0 radical (unpaired) electrons. The van der Waals surface area contributed by atoms with Crippen LogP contribution in [0, 0.1) is 6.92 Å². The zero-order valence-electron chi connectivity index (χ0n) is 16.1. The van der Waals surface area contributed by atoms with Gasteiger partial charge in [0.2, 0.25) is 5.91 Å². The van der Waals surface area contributed by atoms with Gasteiger partial charge in [0, 0.05) is 11.6 Å². The monoisotopic (exact) mass is 379 g/mol. The first-order chi connectivity index (χ1) is 13.6. The van der Waals surface area contributed by atoms with Crippen LogP contribution in [0.15, 0.2) is 41.2 Å². The van der Waals surface area contributed by atoms with Crippen LogP contribution in [0.4, 0.5) is 0 Å². The molecule has 1 aliphatic rings. The van der Waals surface area contributed by atoms with Gasteiger partial charge in [0.05, 0.1) is 5.69 Å². The van der Waals surface area contributed by atoms with E-state index in [0.29, 0.717) is 17.0 Å². The Kier molecular flexibility index (Phi) is 5.23. The Hall–Kier alpha value is -2.96. The second-order valence-corrected chi connectivity index (χ2v) is 7.46. The summed E-state index contributed by atoms with van der Waals surface area (Å²) in [6, 6.07) is 11.7. The molecule has 1 N–H and O–H groups in total. The number of benzene rings is 1. The molecule has 1 saturated carbocycles. The molecule has 0 spiro atoms. The molecule has 1 fully saturated rings. The minimum Gasteiger partial charge on any atom is -0.352 e. The predicted molar refractivity (Wildman–Crippen MR) is 107 cm³/mol. The third kappa shape index (κ3) is 3.83. The third-order valence-corrected chi connectivity index (χ3v) is 5.32. The van der Waals surface area contributed by atoms with Crippen molar-refractivity contribution in [3.8, 4) is 11.3 Å². The Bertz CT molecular complexity index is 1030. The molecule has 146 valence electrons. The van der Waals surface area contributed by atoms with Gasteiger partial charge in [-0.3, -0.25) is 9.59 Å². The SMILES string of the molecule is Cc1nn(CC(=O)NC2CCCCCC2)c(=O)c2cc(-c3ccccc3)nn12. The number of hydrogen-bond donors (Lipinski definition) is 1. The van der Waals surface area contributed by atoms with E-state index in [0.717, 1.165) is 31.2 Å². The van der Waals surface area contributed by atoms with Crippen LogP contribution < -0.4 is 10.9 Å². The second-order valence-electron chi connectivity index (χ2n) is 7.46. The molecule has 2 aromatic heterocycles. The molecule has 1 aliphatic carbocycles. The summed E-state index contributed by atoms with van der Waals surface area (Å²) in [4.78, 5) is 25.4. The number of hydrogen-bond acceptors (Lipinski definition) is 4. The molecule has 7 heteroatoms. The summed E-state index contributed by atoms with van der Waals surface area (Å²) in [5.41, 5.74) is 1.76. The van der Waals surface area contributed by atoms with E-state index in [9.17, 15) is 9.59 Å². The van der Waals surface area contributed by atoms with Crippen molar-refractivity contribution in [3.63, 3.8) is 0 Å². The van der Waals surface area contributed by atoms with E-state index in [1.807, 2.05) is 30.3 Å². The van der Waals surface area contributed by atoms with E-state index in [1.54, 1.807) is 17.5 Å². The van der Waals surface area contributed by atoms with Gasteiger partial charge in [-0.05, 0) is 25.8 Å². The van der Waals surface area contributed by atoms with Crippen LogP contribution in [0.2, 0.25) is 0 Å². The Balaban J connectivity index is 1.58. The van der Waals surface area contributed by atoms with Gasteiger partial charge in [-0.1, -0.05) is 56.0 Å². The third-order valence-electron chi connectivity index (χ3n) is 5.32. The Morgan fingerprint density at radius 3 is 2.54 bits per heavy atom. The molecule has 1 aromatic carbocycles. The van der Waals surface area contributed by atoms with Crippen molar-refractivity contribution in [2.45, 2.75) is 58.0 Å². The van der Waals surface area contributed by atoms with Gasteiger partial charge in [0.25, 0.3) is 5.56 Å². The van der Waals surface area contributed by atoms with Crippen molar-refractivity contribution >= 4 is 11.4 Å². The maximum atomic E-state index is 12.9. The predicted octanol–water partition coefficient (Wildman–Crippen LogP) is 2.71. The average molecular weight is 379 g/mol. The van der Waals surface area contributed by atoms with Crippen molar-refractivity contribution < 1.29 is 4.79 Å². The first-order valence-corrected chi connectivity index (χ1v) is 9.94. The van der Waals surface area contributed by atoms with Gasteiger partial charge in [-0.2, -0.15) is 10.2 Å². The summed E-state index contributed by atoms with van der Waals surface area (Å²) in [7, 11) is 0. The lowest BCUT2D eigenvalue weighted by Crippen LogP contribution is -2.40. The van der Waals surface area contributed by atoms with E-state index < -0.39 is 0 Å². The van der Waals surface area contributed by atoms with E-state index in [-0.39, 0.29) is 24.1 Å². The highest BCUT2D eigenvalue weighted by Crippen LogP contribution is 2.19. The smallest absolute Gasteiger partial charge is 0.293 e. The van der Waals surface area contributed by atoms with Crippen LogP contribution in [0.25, 0.3) is 16.8 Å². The van der Waals surface area contributed by atoms with Crippen molar-refractivity contribution in [3.05, 3.63) is 52.6 Å². The van der Waals surface area contributed by atoms with Gasteiger partial charge >= 0.3 is 0 Å². The quantitative estimate of drug-likeness (QED) is 0.707. The molecule has 0 bridgehead atoms. The first-order valence-electron chi connectivity index (χ1n) is 9.94. The maximum Gasteiger partial charge on any atom is 0.293 e. The molecule has 0 saturated heterocycles. The Morgan fingerprint density at radius 2 is 1.82 bits per heavy atom. The number of aromatic nitrogens is 4. The van der Waals surface area contributed by atoms with Crippen LogP contribution in [0.1, 0.15) is 44.3 Å². The lowest BCUT2D eigenvalue weighted by molar-refractivity contribution is -0.122. The van der Waals surface area contributed by atoms with Crippen molar-refractivity contribution in [2.24, 2.45) is 0 Å². The molecule has 28 heavy (non-hydrogen) atoms. The average Bonchev–Trinajstić information content (AvgIpc) is 3.00. The van der Waals surface area contributed by atoms with Crippen molar-refractivity contribution in [2.75, 3.05) is 0 Å². The highest BCUT2D eigenvalue weighted by Gasteiger charge is 2.18. The molecule has 7 nitrogen and oxygen atoms in total. The van der Waals surface area contributed by atoms with Gasteiger partial charge in [-0.25, -0.2) is 9.20 Å². The minimum absolute atomic E-state index is 0.0709. The number of aryl methyl sites for hydroxylation is 1. The molecule has 0 unspecified atom stereocenters. The standard InChI is InChI=1S/C21H25N5O2/c1-15-23-25(14-20(27)22-17-11-7-2-3-8-12-17)21(28)19-13-18(24-26(15)19)16-9-5-4-6-10-16/h4-6,9-10,13,17H,2-3,7-8,11-12,14H2,1H3,(H,22,27). The number of rotatable bonds is 4. The fourth-order valence-electron chi connectivity index (χ4n) is 3.87. The number of amides is 1. The number of nitrogens with zero attached hydrogens (tertiary/aromatic N) is 4. The normalized spacial score (nSPS) is 15.5. The van der Waals surface area contributed by atoms with Crippen LogP contribution in [0.5, 0.6) is 0 Å². The zero-order chi connectivity index (χ0) is 19.5. The molecule has 2 heterocycles. The summed E-state index contributed by atoms with van der Waals surface area (Å²) in [5.74, 6) is 0.409. The molecule has 0 aliphatic heterocycles. The number of fused-ring (bicyclic) bond motifs is 1. The van der Waals surface area contributed by atoms with Crippen molar-refractivity contribution in [1.29, 1.82) is 0 Å². The molecule has 4 rings (SSSR count). The molecule has 3 aromatic rings. The maximum absolute atomic E-state index is 12.9. The number of carbonyl (C=O) groups excluding carboxylic acids is 1. The van der Waals surface area contributed by atoms with Gasteiger partial charge in [0.1, 0.15) is 17.9 Å². The lowest BCUT2D eigenvalue weighted by atomic mass is 10.1. The summed E-state index contributed by atoms with van der Waals surface area (Å²) in [5, 5.41) is 11.9. The lowest BCUT2D eigenvalue weighted by Gasteiger charge is -2.16. The highest BCUT2D eigenvalue weighted by molar-refractivity contribution is 5.76. The van der Waals surface area contributed by atoms with E-state index >= 15 is 0 Å². The topological polar surface area (TPSA) is 81.3 Å². The van der Waals surface area contributed by atoms with E-state index in [1.165, 1.54) is 17.5 Å².